The van der Waals surface area contributed by atoms with Crippen LogP contribution in [-0.2, 0) is 4.79 Å². The smallest absolute Gasteiger partial charge is 0.239 e. The third-order valence-corrected chi connectivity index (χ3v) is 5.02. The molecule has 0 aromatic carbocycles. The largest absolute Gasteiger partial charge is 0.301 e. The van der Waals surface area contributed by atoms with Gasteiger partial charge in [0.25, 0.3) is 0 Å². The SMILES string of the molecule is CCC(SC)C(=O)Nc1nc(-c2ccc(Br)cn2)cs1. The van der Waals surface area contributed by atoms with Crippen LogP contribution in [0.25, 0.3) is 11.4 Å². The van der Waals surface area contributed by atoms with Crippen LogP contribution in [0.2, 0.25) is 0 Å². The summed E-state index contributed by atoms with van der Waals surface area (Å²) in [5.74, 6) is 0.00432. The summed E-state index contributed by atoms with van der Waals surface area (Å²) >= 11 is 6.31. The highest BCUT2D eigenvalue weighted by atomic mass is 79.9. The lowest BCUT2D eigenvalue weighted by molar-refractivity contribution is -0.115. The van der Waals surface area contributed by atoms with Crippen LogP contribution in [0.3, 0.4) is 0 Å². The van der Waals surface area contributed by atoms with Crippen LogP contribution in [0.1, 0.15) is 13.3 Å². The Morgan fingerprint density at radius 1 is 1.50 bits per heavy atom. The van der Waals surface area contributed by atoms with E-state index in [1.807, 2.05) is 30.7 Å². The van der Waals surface area contributed by atoms with Gasteiger partial charge < -0.3 is 5.32 Å². The second-order valence-electron chi connectivity index (χ2n) is 4.02. The molecule has 0 aliphatic rings. The molecule has 0 fully saturated rings. The monoisotopic (exact) mass is 371 g/mol. The standard InChI is InChI=1S/C13H14BrN3OS2/c1-3-11(19-2)12(18)17-13-16-10(7-20-13)9-5-4-8(14)6-15-9/h4-7,11H,3H2,1-2H3,(H,16,17,18). The maximum atomic E-state index is 12.0. The minimum absolute atomic E-state index is 0.00432. The molecule has 1 unspecified atom stereocenters. The van der Waals surface area contributed by atoms with Gasteiger partial charge in [0.15, 0.2) is 5.13 Å². The fraction of sp³-hybridized carbons (Fsp3) is 0.308. The zero-order chi connectivity index (χ0) is 14.5. The van der Waals surface area contributed by atoms with E-state index >= 15 is 0 Å². The summed E-state index contributed by atoms with van der Waals surface area (Å²) in [6.07, 6.45) is 4.47. The number of carbonyl (C=O) groups is 1. The van der Waals surface area contributed by atoms with E-state index in [0.717, 1.165) is 22.3 Å². The van der Waals surface area contributed by atoms with Crippen molar-refractivity contribution in [3.8, 4) is 11.4 Å². The van der Waals surface area contributed by atoms with Crippen molar-refractivity contribution < 1.29 is 4.79 Å². The maximum absolute atomic E-state index is 12.0. The third kappa shape index (κ3) is 3.80. The Bertz CT molecular complexity index is 582. The molecule has 2 heterocycles. The molecule has 0 aliphatic carbocycles. The molecule has 20 heavy (non-hydrogen) atoms. The number of amides is 1. The number of thioether (sulfide) groups is 1. The van der Waals surface area contributed by atoms with Gasteiger partial charge in [-0.3, -0.25) is 9.78 Å². The summed E-state index contributed by atoms with van der Waals surface area (Å²) < 4.78 is 0.927. The number of halogens is 1. The van der Waals surface area contributed by atoms with Gasteiger partial charge in [0.05, 0.1) is 10.9 Å². The van der Waals surface area contributed by atoms with Crippen LogP contribution >= 0.6 is 39.0 Å². The van der Waals surface area contributed by atoms with Crippen molar-refractivity contribution in [3.63, 3.8) is 0 Å². The average Bonchev–Trinajstić information content (AvgIpc) is 2.89. The molecule has 1 N–H and O–H groups in total. The minimum Gasteiger partial charge on any atom is -0.301 e. The van der Waals surface area contributed by atoms with E-state index in [9.17, 15) is 4.79 Å². The first-order valence-electron chi connectivity index (χ1n) is 6.05. The fourth-order valence-electron chi connectivity index (χ4n) is 1.62. The van der Waals surface area contributed by atoms with Gasteiger partial charge in [0.1, 0.15) is 5.69 Å². The van der Waals surface area contributed by atoms with Gasteiger partial charge in [-0.15, -0.1) is 11.3 Å². The molecule has 0 aliphatic heterocycles. The topological polar surface area (TPSA) is 54.9 Å². The van der Waals surface area contributed by atoms with E-state index in [-0.39, 0.29) is 11.2 Å². The zero-order valence-electron chi connectivity index (χ0n) is 11.1. The molecule has 1 amide bonds. The van der Waals surface area contributed by atoms with Crippen molar-refractivity contribution in [1.29, 1.82) is 0 Å². The number of anilines is 1. The van der Waals surface area contributed by atoms with Crippen LogP contribution in [0.15, 0.2) is 28.2 Å². The summed E-state index contributed by atoms with van der Waals surface area (Å²) in [6.45, 7) is 2.00. The molecule has 2 aromatic rings. The normalized spacial score (nSPS) is 12.2. The van der Waals surface area contributed by atoms with Gasteiger partial charge in [0, 0.05) is 16.0 Å². The van der Waals surface area contributed by atoms with Gasteiger partial charge >= 0.3 is 0 Å². The van der Waals surface area contributed by atoms with Crippen molar-refractivity contribution in [2.24, 2.45) is 0 Å². The number of carbonyl (C=O) groups excluding carboxylic acids is 1. The van der Waals surface area contributed by atoms with Crippen molar-refractivity contribution in [2.45, 2.75) is 18.6 Å². The quantitative estimate of drug-likeness (QED) is 0.861. The number of pyridine rings is 1. The van der Waals surface area contributed by atoms with Crippen molar-refractivity contribution in [3.05, 3.63) is 28.2 Å². The molecule has 7 heteroatoms. The minimum atomic E-state index is -0.0341. The lowest BCUT2D eigenvalue weighted by Crippen LogP contribution is -2.24. The summed E-state index contributed by atoms with van der Waals surface area (Å²) in [6, 6.07) is 3.81. The first-order chi connectivity index (χ1) is 9.63. The van der Waals surface area contributed by atoms with Crippen molar-refractivity contribution in [2.75, 3.05) is 11.6 Å². The number of nitrogens with zero attached hydrogens (tertiary/aromatic N) is 2. The van der Waals surface area contributed by atoms with Crippen molar-refractivity contribution in [1.82, 2.24) is 9.97 Å². The first-order valence-corrected chi connectivity index (χ1v) is 9.01. The number of rotatable bonds is 5. The van der Waals surface area contributed by atoms with Gasteiger partial charge in [0.2, 0.25) is 5.91 Å². The van der Waals surface area contributed by atoms with Crippen LogP contribution in [0, 0.1) is 0 Å². The van der Waals surface area contributed by atoms with Crippen LogP contribution in [0.4, 0.5) is 5.13 Å². The highest BCUT2D eigenvalue weighted by Gasteiger charge is 2.16. The molecular weight excluding hydrogens is 358 g/mol. The van der Waals surface area contributed by atoms with Crippen LogP contribution in [0.5, 0.6) is 0 Å². The molecule has 0 radical (unpaired) electrons. The second kappa shape index (κ2) is 7.19. The Hall–Kier alpha value is -0.920. The van der Waals surface area contributed by atoms with Crippen molar-refractivity contribution >= 4 is 50.1 Å². The van der Waals surface area contributed by atoms with Gasteiger partial charge in [-0.25, -0.2) is 4.98 Å². The Kier molecular flexibility index (Phi) is 5.56. The summed E-state index contributed by atoms with van der Waals surface area (Å²) in [5.41, 5.74) is 1.57. The predicted octanol–water partition coefficient (Wildman–Crippen LogP) is 4.05. The number of aromatic nitrogens is 2. The van der Waals surface area contributed by atoms with Crippen LogP contribution < -0.4 is 5.32 Å². The van der Waals surface area contributed by atoms with E-state index in [2.05, 4.69) is 31.2 Å². The molecular formula is C13H14BrN3OS2. The molecule has 2 aromatic heterocycles. The Balaban J connectivity index is 2.09. The summed E-state index contributed by atoms with van der Waals surface area (Å²) in [5, 5.41) is 5.33. The van der Waals surface area contributed by atoms with E-state index in [1.54, 1.807) is 18.0 Å². The highest BCUT2D eigenvalue weighted by Crippen LogP contribution is 2.25. The highest BCUT2D eigenvalue weighted by molar-refractivity contribution is 9.10. The molecule has 2 rings (SSSR count). The molecule has 0 saturated heterocycles. The van der Waals surface area contributed by atoms with Gasteiger partial charge in [-0.2, -0.15) is 11.8 Å². The van der Waals surface area contributed by atoms with Gasteiger partial charge in [-0.05, 0) is 40.7 Å². The second-order valence-corrected chi connectivity index (χ2v) is 6.84. The Morgan fingerprint density at radius 3 is 2.90 bits per heavy atom. The average molecular weight is 372 g/mol. The lowest BCUT2D eigenvalue weighted by Gasteiger charge is -2.09. The molecule has 1 atom stereocenters. The Labute approximate surface area is 134 Å². The van der Waals surface area contributed by atoms with Crippen LogP contribution in [-0.4, -0.2) is 27.4 Å². The molecule has 106 valence electrons. The summed E-state index contributed by atoms with van der Waals surface area (Å²) in [7, 11) is 0. The van der Waals surface area contributed by atoms with E-state index < -0.39 is 0 Å². The maximum Gasteiger partial charge on any atom is 0.239 e. The van der Waals surface area contributed by atoms with E-state index in [0.29, 0.717) is 5.13 Å². The molecule has 0 spiro atoms. The van der Waals surface area contributed by atoms with E-state index in [1.165, 1.54) is 11.3 Å². The zero-order valence-corrected chi connectivity index (χ0v) is 14.3. The first kappa shape index (κ1) is 15.5. The predicted molar refractivity (Wildman–Crippen MR) is 89.3 cm³/mol. The number of nitrogens with one attached hydrogen (secondary N) is 1. The van der Waals surface area contributed by atoms with E-state index in [4.69, 9.17) is 0 Å². The molecule has 4 nitrogen and oxygen atoms in total. The molecule has 0 saturated carbocycles. The third-order valence-electron chi connectivity index (χ3n) is 2.67. The number of hydrogen-bond donors (Lipinski definition) is 1. The molecule has 0 bridgehead atoms. The summed E-state index contributed by atoms with van der Waals surface area (Å²) in [4.78, 5) is 20.7. The lowest BCUT2D eigenvalue weighted by atomic mass is 10.3. The number of hydrogen-bond acceptors (Lipinski definition) is 5. The fourth-order valence-corrected chi connectivity index (χ4v) is 3.17. The Morgan fingerprint density at radius 2 is 2.30 bits per heavy atom. The number of thiazole rings is 1. The van der Waals surface area contributed by atoms with Gasteiger partial charge in [-0.1, -0.05) is 6.92 Å².